The first kappa shape index (κ1) is 16.5. The highest BCUT2D eigenvalue weighted by Crippen LogP contribution is 2.27. The van der Waals surface area contributed by atoms with Crippen molar-refractivity contribution in [3.63, 3.8) is 0 Å². The molecule has 0 radical (unpaired) electrons. The Kier molecular flexibility index (Phi) is 5.53. The fourth-order valence-corrected chi connectivity index (χ4v) is 1.88. The summed E-state index contributed by atoms with van der Waals surface area (Å²) >= 11 is 0. The number of aliphatic carboxylic acids is 1. The molecular formula is C14H24N2O4. The molecule has 0 unspecified atom stereocenters. The maximum atomic E-state index is 12.0. The van der Waals surface area contributed by atoms with E-state index >= 15 is 0 Å². The summed E-state index contributed by atoms with van der Waals surface area (Å²) < 4.78 is 0. The number of hydrogen-bond acceptors (Lipinski definition) is 3. The zero-order chi connectivity index (χ0) is 15.3. The third kappa shape index (κ3) is 4.83. The number of imide groups is 1. The van der Waals surface area contributed by atoms with Crippen molar-refractivity contribution in [3.8, 4) is 0 Å². The average molecular weight is 284 g/mol. The van der Waals surface area contributed by atoms with Crippen LogP contribution in [0, 0.1) is 5.41 Å². The van der Waals surface area contributed by atoms with E-state index in [1.807, 2.05) is 6.92 Å². The minimum Gasteiger partial charge on any atom is -0.481 e. The van der Waals surface area contributed by atoms with Gasteiger partial charge in [0.2, 0.25) is 5.91 Å². The summed E-state index contributed by atoms with van der Waals surface area (Å²) in [5, 5.41) is 11.3. The molecule has 0 bridgehead atoms. The Labute approximate surface area is 119 Å². The Bertz CT molecular complexity index is 389. The first-order valence-corrected chi connectivity index (χ1v) is 7.11. The summed E-state index contributed by atoms with van der Waals surface area (Å²) in [6.07, 6.45) is 3.63. The van der Waals surface area contributed by atoms with Crippen LogP contribution < -0.4 is 5.32 Å². The van der Waals surface area contributed by atoms with Crippen molar-refractivity contribution in [2.24, 2.45) is 5.41 Å². The highest BCUT2D eigenvalue weighted by molar-refractivity contribution is 5.96. The molecule has 1 aliphatic carbocycles. The summed E-state index contributed by atoms with van der Waals surface area (Å²) in [5.74, 6) is -1.59. The first-order chi connectivity index (χ1) is 9.27. The summed E-state index contributed by atoms with van der Waals surface area (Å²) in [5.41, 5.74) is -1.17. The van der Waals surface area contributed by atoms with Crippen molar-refractivity contribution in [3.05, 3.63) is 0 Å². The number of carboxylic acid groups (broad SMARTS) is 1. The molecule has 0 aromatic carbocycles. The lowest BCUT2D eigenvalue weighted by molar-refractivity contribution is -0.149. The zero-order valence-corrected chi connectivity index (χ0v) is 12.4. The molecule has 1 fully saturated rings. The molecule has 0 atom stereocenters. The summed E-state index contributed by atoms with van der Waals surface area (Å²) in [7, 11) is 0. The highest BCUT2D eigenvalue weighted by atomic mass is 16.4. The Hall–Kier alpha value is -1.59. The second kappa shape index (κ2) is 6.72. The standard InChI is InChI=1S/C14H24N2O4/c1-4-5-8-16(10-6-7-10)13(20)15-11(17)9-14(2,3)12(18)19/h10H,4-9H2,1-3H3,(H,18,19)(H,15,17,20). The number of amides is 3. The zero-order valence-electron chi connectivity index (χ0n) is 12.4. The lowest BCUT2D eigenvalue weighted by atomic mass is 9.89. The van der Waals surface area contributed by atoms with Gasteiger partial charge in [-0.3, -0.25) is 14.9 Å². The fraction of sp³-hybridized carbons (Fsp3) is 0.786. The van der Waals surface area contributed by atoms with Crippen LogP contribution in [0.25, 0.3) is 0 Å². The average Bonchev–Trinajstić information content (AvgIpc) is 3.12. The van der Waals surface area contributed by atoms with Crippen LogP contribution in [0.15, 0.2) is 0 Å². The van der Waals surface area contributed by atoms with E-state index in [4.69, 9.17) is 5.11 Å². The molecular weight excluding hydrogens is 260 g/mol. The van der Waals surface area contributed by atoms with E-state index in [0.29, 0.717) is 6.54 Å². The topological polar surface area (TPSA) is 86.7 Å². The molecule has 20 heavy (non-hydrogen) atoms. The van der Waals surface area contributed by atoms with Gasteiger partial charge in [-0.1, -0.05) is 13.3 Å². The van der Waals surface area contributed by atoms with Crippen LogP contribution in [0.4, 0.5) is 4.79 Å². The fourth-order valence-electron chi connectivity index (χ4n) is 1.88. The van der Waals surface area contributed by atoms with Gasteiger partial charge in [0.15, 0.2) is 0 Å². The lowest BCUT2D eigenvalue weighted by Gasteiger charge is -2.23. The number of nitrogens with one attached hydrogen (secondary N) is 1. The van der Waals surface area contributed by atoms with Crippen LogP contribution in [0.2, 0.25) is 0 Å². The number of hydrogen-bond donors (Lipinski definition) is 2. The molecule has 114 valence electrons. The van der Waals surface area contributed by atoms with Gasteiger partial charge in [0.25, 0.3) is 0 Å². The van der Waals surface area contributed by atoms with Gasteiger partial charge < -0.3 is 10.0 Å². The van der Waals surface area contributed by atoms with E-state index in [2.05, 4.69) is 5.32 Å². The molecule has 0 saturated heterocycles. The van der Waals surface area contributed by atoms with Crippen molar-refractivity contribution < 1.29 is 19.5 Å². The molecule has 6 nitrogen and oxygen atoms in total. The predicted octanol–water partition coefficient (Wildman–Crippen LogP) is 1.99. The van der Waals surface area contributed by atoms with E-state index in [1.54, 1.807) is 4.90 Å². The molecule has 1 rings (SSSR count). The molecule has 0 aromatic heterocycles. The van der Waals surface area contributed by atoms with Gasteiger partial charge in [0.05, 0.1) is 5.41 Å². The van der Waals surface area contributed by atoms with Crippen LogP contribution >= 0.6 is 0 Å². The van der Waals surface area contributed by atoms with Crippen molar-refractivity contribution >= 4 is 17.9 Å². The van der Waals surface area contributed by atoms with E-state index < -0.39 is 23.3 Å². The molecule has 0 heterocycles. The molecule has 2 N–H and O–H groups in total. The van der Waals surface area contributed by atoms with Crippen LogP contribution in [0.1, 0.15) is 52.9 Å². The second-order valence-electron chi connectivity index (χ2n) is 6.00. The number of carboxylic acids is 1. The van der Waals surface area contributed by atoms with Crippen LogP contribution in [0.5, 0.6) is 0 Å². The van der Waals surface area contributed by atoms with E-state index in [1.165, 1.54) is 13.8 Å². The highest BCUT2D eigenvalue weighted by Gasteiger charge is 2.34. The quantitative estimate of drug-likeness (QED) is 0.748. The second-order valence-corrected chi connectivity index (χ2v) is 6.00. The van der Waals surface area contributed by atoms with Crippen molar-refractivity contribution in [2.45, 2.75) is 58.9 Å². The molecule has 6 heteroatoms. The Morgan fingerprint density at radius 2 is 1.90 bits per heavy atom. The molecule has 0 aromatic rings. The van der Waals surface area contributed by atoms with Crippen molar-refractivity contribution in [2.75, 3.05) is 6.54 Å². The van der Waals surface area contributed by atoms with Crippen molar-refractivity contribution in [1.82, 2.24) is 10.2 Å². The minimum atomic E-state index is -1.17. The molecule has 3 amide bonds. The number of nitrogens with zero attached hydrogens (tertiary/aromatic N) is 1. The summed E-state index contributed by atoms with van der Waals surface area (Å²) in [4.78, 5) is 36.5. The largest absolute Gasteiger partial charge is 0.481 e. The van der Waals surface area contributed by atoms with Crippen LogP contribution in [-0.2, 0) is 9.59 Å². The summed E-state index contributed by atoms with van der Waals surface area (Å²) in [6, 6.07) is -0.158. The summed E-state index contributed by atoms with van der Waals surface area (Å²) in [6.45, 7) is 5.62. The lowest BCUT2D eigenvalue weighted by Crippen LogP contribution is -2.46. The van der Waals surface area contributed by atoms with Crippen LogP contribution in [-0.4, -0.2) is 40.5 Å². The normalized spacial score (nSPS) is 14.8. The van der Waals surface area contributed by atoms with Crippen molar-refractivity contribution in [1.29, 1.82) is 0 Å². The third-order valence-corrected chi connectivity index (χ3v) is 3.43. The van der Waals surface area contributed by atoms with Gasteiger partial charge in [-0.25, -0.2) is 4.79 Å². The van der Waals surface area contributed by atoms with Gasteiger partial charge in [-0.2, -0.15) is 0 Å². The molecule has 0 spiro atoms. The number of rotatable bonds is 7. The smallest absolute Gasteiger partial charge is 0.324 e. The van der Waals surface area contributed by atoms with Gasteiger partial charge in [-0.15, -0.1) is 0 Å². The SMILES string of the molecule is CCCCN(C(=O)NC(=O)CC(C)(C)C(=O)O)C1CC1. The van der Waals surface area contributed by atoms with E-state index in [9.17, 15) is 14.4 Å². The maximum absolute atomic E-state index is 12.0. The first-order valence-electron chi connectivity index (χ1n) is 7.11. The Morgan fingerprint density at radius 1 is 1.30 bits per heavy atom. The molecule has 1 aliphatic rings. The van der Waals surface area contributed by atoms with Gasteiger partial charge >= 0.3 is 12.0 Å². The van der Waals surface area contributed by atoms with E-state index in [0.717, 1.165) is 25.7 Å². The van der Waals surface area contributed by atoms with Gasteiger partial charge in [0.1, 0.15) is 0 Å². The number of carbonyl (C=O) groups excluding carboxylic acids is 2. The molecule has 0 aliphatic heterocycles. The number of urea groups is 1. The van der Waals surface area contributed by atoms with Gasteiger partial charge in [-0.05, 0) is 33.1 Å². The minimum absolute atomic E-state index is 0.208. The Morgan fingerprint density at radius 3 is 2.35 bits per heavy atom. The third-order valence-electron chi connectivity index (χ3n) is 3.43. The number of carbonyl (C=O) groups is 3. The van der Waals surface area contributed by atoms with E-state index in [-0.39, 0.29) is 12.5 Å². The number of unbranched alkanes of at least 4 members (excludes halogenated alkanes) is 1. The maximum Gasteiger partial charge on any atom is 0.324 e. The predicted molar refractivity (Wildman–Crippen MR) is 74.2 cm³/mol. The van der Waals surface area contributed by atoms with Gasteiger partial charge in [0, 0.05) is 19.0 Å². The monoisotopic (exact) mass is 284 g/mol. The van der Waals surface area contributed by atoms with Crippen LogP contribution in [0.3, 0.4) is 0 Å². The Balaban J connectivity index is 2.51. The molecule has 1 saturated carbocycles.